The van der Waals surface area contributed by atoms with Crippen molar-refractivity contribution in [2.24, 2.45) is 0 Å². The first kappa shape index (κ1) is 14.9. The van der Waals surface area contributed by atoms with E-state index in [2.05, 4.69) is 10.3 Å². The summed E-state index contributed by atoms with van der Waals surface area (Å²) in [7, 11) is 0. The molecule has 18 heavy (non-hydrogen) atoms. The van der Waals surface area contributed by atoms with Gasteiger partial charge in [0.1, 0.15) is 17.2 Å². The number of hydrogen-bond acceptors (Lipinski definition) is 5. The first-order valence-corrected chi connectivity index (χ1v) is 5.73. The second-order valence-electron chi connectivity index (χ2n) is 3.52. The average molecular weight is 284 g/mol. The Kier molecular flexibility index (Phi) is 4.65. The first-order valence-electron chi connectivity index (χ1n) is 4.85. The molecule has 0 radical (unpaired) electrons. The second-order valence-corrected chi connectivity index (χ2v) is 4.41. The van der Waals surface area contributed by atoms with Gasteiger partial charge in [-0.05, 0) is 0 Å². The number of rotatable bonds is 4. The molecule has 1 amide bonds. The van der Waals surface area contributed by atoms with Crippen molar-refractivity contribution in [1.29, 1.82) is 0 Å². The lowest BCUT2D eigenvalue weighted by atomic mass is 10.2. The third kappa shape index (κ3) is 3.93. The van der Waals surface area contributed by atoms with E-state index in [0.717, 1.165) is 5.38 Å². The Morgan fingerprint density at radius 3 is 2.61 bits per heavy atom. The van der Waals surface area contributed by atoms with Gasteiger partial charge in [0.2, 0.25) is 5.91 Å². The van der Waals surface area contributed by atoms with E-state index in [1.807, 2.05) is 0 Å². The number of carbonyl (C=O) groups is 1. The minimum absolute atomic E-state index is 0.250. The second kappa shape index (κ2) is 5.63. The van der Waals surface area contributed by atoms with Crippen molar-refractivity contribution in [1.82, 2.24) is 10.3 Å². The Labute approximate surface area is 104 Å². The van der Waals surface area contributed by atoms with E-state index < -0.39 is 30.0 Å². The number of aliphatic hydroxyl groups is 2. The Morgan fingerprint density at radius 2 is 2.17 bits per heavy atom. The summed E-state index contributed by atoms with van der Waals surface area (Å²) >= 11 is 0.593. The molecule has 0 aliphatic rings. The van der Waals surface area contributed by atoms with Crippen molar-refractivity contribution in [3.05, 3.63) is 16.1 Å². The maximum Gasteiger partial charge on any atom is 0.434 e. The molecule has 1 aromatic heterocycles. The van der Waals surface area contributed by atoms with Gasteiger partial charge in [-0.3, -0.25) is 4.79 Å². The topological polar surface area (TPSA) is 82.5 Å². The van der Waals surface area contributed by atoms with Crippen molar-refractivity contribution in [2.75, 3.05) is 6.54 Å². The van der Waals surface area contributed by atoms with E-state index in [1.54, 1.807) is 0 Å². The molecule has 0 aliphatic heterocycles. The van der Waals surface area contributed by atoms with Crippen molar-refractivity contribution in [3.63, 3.8) is 0 Å². The fraction of sp³-hybridized carbons (Fsp3) is 0.556. The third-order valence-corrected chi connectivity index (χ3v) is 2.91. The van der Waals surface area contributed by atoms with Gasteiger partial charge < -0.3 is 15.5 Å². The lowest BCUT2D eigenvalue weighted by molar-refractivity contribution is -0.141. The van der Waals surface area contributed by atoms with Crippen LogP contribution in [0, 0.1) is 0 Å². The van der Waals surface area contributed by atoms with Crippen molar-refractivity contribution < 1.29 is 28.2 Å². The number of alkyl halides is 3. The molecule has 0 aliphatic carbocycles. The molecule has 2 unspecified atom stereocenters. The molecule has 5 nitrogen and oxygen atoms in total. The first-order chi connectivity index (χ1) is 8.21. The molecule has 3 N–H and O–H groups in total. The fourth-order valence-electron chi connectivity index (χ4n) is 1.08. The van der Waals surface area contributed by atoms with Gasteiger partial charge >= 0.3 is 6.18 Å². The van der Waals surface area contributed by atoms with Crippen LogP contribution in [0.1, 0.15) is 23.7 Å². The van der Waals surface area contributed by atoms with Crippen LogP contribution in [0.5, 0.6) is 0 Å². The molecule has 0 fully saturated rings. The van der Waals surface area contributed by atoms with Crippen LogP contribution >= 0.6 is 11.3 Å². The Hall–Kier alpha value is -1.19. The summed E-state index contributed by atoms with van der Waals surface area (Å²) in [4.78, 5) is 13.8. The molecule has 9 heteroatoms. The molecule has 2 atom stereocenters. The summed E-state index contributed by atoms with van der Waals surface area (Å²) in [6.45, 7) is 0.946. The summed E-state index contributed by atoms with van der Waals surface area (Å²) in [5.41, 5.74) is -1.12. The van der Waals surface area contributed by atoms with Crippen molar-refractivity contribution in [3.8, 4) is 0 Å². The van der Waals surface area contributed by atoms with Crippen LogP contribution in [-0.4, -0.2) is 33.8 Å². The predicted octanol–water partition coefficient (Wildman–Crippen LogP) is 0.692. The van der Waals surface area contributed by atoms with E-state index in [-0.39, 0.29) is 11.6 Å². The molecule has 0 saturated heterocycles. The van der Waals surface area contributed by atoms with Gasteiger partial charge in [-0.15, -0.1) is 11.3 Å². The van der Waals surface area contributed by atoms with Crippen molar-refractivity contribution in [2.45, 2.75) is 25.3 Å². The third-order valence-electron chi connectivity index (χ3n) is 1.99. The number of aliphatic hydroxyl groups excluding tert-OH is 2. The highest BCUT2D eigenvalue weighted by Gasteiger charge is 2.35. The molecule has 102 valence electrons. The van der Waals surface area contributed by atoms with E-state index >= 15 is 0 Å². The van der Waals surface area contributed by atoms with E-state index in [0.29, 0.717) is 11.3 Å². The van der Waals surface area contributed by atoms with E-state index in [4.69, 9.17) is 0 Å². The molecule has 1 aromatic rings. The van der Waals surface area contributed by atoms with E-state index in [9.17, 15) is 28.2 Å². The minimum Gasteiger partial charge on any atom is -0.388 e. The van der Waals surface area contributed by atoms with E-state index in [1.165, 1.54) is 6.92 Å². The van der Waals surface area contributed by atoms with Gasteiger partial charge in [0, 0.05) is 18.8 Å². The molecular weight excluding hydrogens is 273 g/mol. The van der Waals surface area contributed by atoms with Crippen LogP contribution in [0.25, 0.3) is 0 Å². The number of nitrogens with zero attached hydrogens (tertiary/aromatic N) is 1. The van der Waals surface area contributed by atoms with Gasteiger partial charge in [-0.1, -0.05) is 0 Å². The van der Waals surface area contributed by atoms with Crippen LogP contribution in [0.2, 0.25) is 0 Å². The van der Waals surface area contributed by atoms with Gasteiger partial charge in [0.25, 0.3) is 0 Å². The van der Waals surface area contributed by atoms with Gasteiger partial charge in [-0.25, -0.2) is 4.98 Å². The minimum atomic E-state index is -4.59. The molecule has 0 spiro atoms. The number of thiazole rings is 1. The van der Waals surface area contributed by atoms with Gasteiger partial charge in [0.15, 0.2) is 5.69 Å². The van der Waals surface area contributed by atoms with Gasteiger partial charge in [-0.2, -0.15) is 13.2 Å². The van der Waals surface area contributed by atoms with Crippen molar-refractivity contribution >= 4 is 17.2 Å². The summed E-state index contributed by atoms with van der Waals surface area (Å²) in [6, 6.07) is 0. The molecule has 0 aromatic carbocycles. The largest absolute Gasteiger partial charge is 0.434 e. The van der Waals surface area contributed by atoms with Crippen LogP contribution in [0.15, 0.2) is 5.38 Å². The summed E-state index contributed by atoms with van der Waals surface area (Å²) < 4.78 is 36.8. The standard InChI is InChI=1S/C9H11F3N2O3S/c1-4(15)13-2-5(16)7(17)8-14-6(3-18-8)9(10,11)12/h3,5,7,16-17H,2H2,1H3,(H,13,15). The summed E-state index contributed by atoms with van der Waals surface area (Å²) in [6.07, 6.45) is -7.57. The number of nitrogens with one attached hydrogen (secondary N) is 1. The Balaban J connectivity index is 2.69. The SMILES string of the molecule is CC(=O)NCC(O)C(O)c1nc(C(F)(F)F)cs1. The Bertz CT molecular complexity index is 421. The summed E-state index contributed by atoms with van der Waals surface area (Å²) in [5, 5.41) is 21.8. The normalized spacial score (nSPS) is 15.2. The Morgan fingerprint density at radius 1 is 1.56 bits per heavy atom. The van der Waals surface area contributed by atoms with Gasteiger partial charge in [0.05, 0.1) is 0 Å². The quantitative estimate of drug-likeness (QED) is 0.760. The number of halogens is 3. The smallest absolute Gasteiger partial charge is 0.388 e. The highest BCUT2D eigenvalue weighted by molar-refractivity contribution is 7.09. The number of carbonyl (C=O) groups excluding carboxylic acids is 1. The van der Waals surface area contributed by atoms with Crippen LogP contribution in [-0.2, 0) is 11.0 Å². The molecule has 0 bridgehead atoms. The maximum absolute atomic E-state index is 12.3. The fourth-order valence-corrected chi connectivity index (χ4v) is 1.94. The predicted molar refractivity (Wildman–Crippen MR) is 56.8 cm³/mol. The monoisotopic (exact) mass is 284 g/mol. The number of amides is 1. The lowest BCUT2D eigenvalue weighted by Gasteiger charge is -2.15. The highest BCUT2D eigenvalue weighted by Crippen LogP contribution is 2.32. The number of hydrogen-bond donors (Lipinski definition) is 3. The molecule has 1 heterocycles. The molecular formula is C9H11F3N2O3S. The van der Waals surface area contributed by atoms with Crippen LogP contribution in [0.4, 0.5) is 13.2 Å². The summed E-state index contributed by atoms with van der Waals surface area (Å²) in [5.74, 6) is -0.420. The van der Waals surface area contributed by atoms with Crippen LogP contribution < -0.4 is 5.32 Å². The average Bonchev–Trinajstić information content (AvgIpc) is 2.73. The maximum atomic E-state index is 12.3. The zero-order valence-corrected chi connectivity index (χ0v) is 10.0. The highest BCUT2D eigenvalue weighted by atomic mass is 32.1. The van der Waals surface area contributed by atoms with Crippen LogP contribution in [0.3, 0.4) is 0 Å². The molecule has 1 rings (SSSR count). The zero-order valence-electron chi connectivity index (χ0n) is 9.23. The lowest BCUT2D eigenvalue weighted by Crippen LogP contribution is -2.34. The number of aromatic nitrogens is 1. The molecule has 0 saturated carbocycles. The zero-order chi connectivity index (χ0) is 13.9.